The highest BCUT2D eigenvalue weighted by Crippen LogP contribution is 2.24. The van der Waals surface area contributed by atoms with Gasteiger partial charge in [-0.2, -0.15) is 0 Å². The molecule has 5 aromatic rings. The SMILES string of the molecule is Cc1cccc2cc([C@H](C)NC(=O)c3c(N)nn4cnccc34)n(-c3ccccc3)c(=O)c12. The number of nitrogens with one attached hydrogen (secondary N) is 1. The molecule has 0 unspecified atom stereocenters. The van der Waals surface area contributed by atoms with Gasteiger partial charge in [-0.1, -0.05) is 36.4 Å². The van der Waals surface area contributed by atoms with Crippen LogP contribution in [0.15, 0.2) is 78.0 Å². The molecule has 164 valence electrons. The average Bonchev–Trinajstić information content (AvgIpc) is 3.15. The summed E-state index contributed by atoms with van der Waals surface area (Å²) in [6, 6.07) is 18.3. The summed E-state index contributed by atoms with van der Waals surface area (Å²) in [7, 11) is 0. The standard InChI is InChI=1S/C25H22N6O2/c1-15-7-6-8-17-13-20(31(25(33)21(15)17)18-9-4-3-5-10-18)16(2)28-24(32)22-19-11-12-27-14-30(19)29-23(22)26/h3-14,16H,1-2H3,(H2,26,29)(H,28,32)/t16-/m0/s1. The summed E-state index contributed by atoms with van der Waals surface area (Å²) in [5.41, 5.74) is 9.02. The Morgan fingerprint density at radius 1 is 1.09 bits per heavy atom. The minimum atomic E-state index is -0.494. The topological polar surface area (TPSA) is 107 Å². The van der Waals surface area contributed by atoms with E-state index in [9.17, 15) is 9.59 Å². The van der Waals surface area contributed by atoms with Crippen molar-refractivity contribution >= 4 is 28.0 Å². The molecule has 1 amide bonds. The summed E-state index contributed by atoms with van der Waals surface area (Å²) in [5.74, 6) is -0.264. The second kappa shape index (κ2) is 7.90. The number of pyridine rings is 1. The van der Waals surface area contributed by atoms with E-state index in [0.717, 1.165) is 16.6 Å². The minimum Gasteiger partial charge on any atom is -0.382 e. The monoisotopic (exact) mass is 438 g/mol. The Morgan fingerprint density at radius 3 is 2.67 bits per heavy atom. The third kappa shape index (κ3) is 3.41. The fraction of sp³-hybridized carbons (Fsp3) is 0.120. The molecule has 8 heteroatoms. The number of carbonyl (C=O) groups excluding carboxylic acids is 1. The van der Waals surface area contributed by atoms with Crippen LogP contribution in [0.1, 0.15) is 34.6 Å². The highest BCUT2D eigenvalue weighted by atomic mass is 16.2. The average molecular weight is 438 g/mol. The van der Waals surface area contributed by atoms with Crippen LogP contribution in [0, 0.1) is 6.92 Å². The van der Waals surface area contributed by atoms with Crippen LogP contribution in [-0.4, -0.2) is 25.1 Å². The zero-order chi connectivity index (χ0) is 23.1. The molecule has 3 aromatic heterocycles. The van der Waals surface area contributed by atoms with Crippen molar-refractivity contribution in [1.29, 1.82) is 0 Å². The Balaban J connectivity index is 1.64. The predicted molar refractivity (Wildman–Crippen MR) is 128 cm³/mol. The van der Waals surface area contributed by atoms with Gasteiger partial charge in [-0.05, 0) is 49.1 Å². The third-order valence-corrected chi connectivity index (χ3v) is 5.79. The summed E-state index contributed by atoms with van der Waals surface area (Å²) in [6.07, 6.45) is 3.07. The van der Waals surface area contributed by atoms with Gasteiger partial charge in [-0.25, -0.2) is 9.50 Å². The number of nitrogens with zero attached hydrogens (tertiary/aromatic N) is 4. The van der Waals surface area contributed by atoms with Crippen LogP contribution >= 0.6 is 0 Å². The molecule has 0 radical (unpaired) electrons. The molecular formula is C25H22N6O2. The van der Waals surface area contributed by atoms with Crippen molar-refractivity contribution in [2.45, 2.75) is 19.9 Å². The summed E-state index contributed by atoms with van der Waals surface area (Å²) in [5, 5.41) is 8.64. The van der Waals surface area contributed by atoms with Crippen molar-refractivity contribution in [3.05, 3.63) is 100 Å². The van der Waals surface area contributed by atoms with Crippen LogP contribution in [0.5, 0.6) is 0 Å². The summed E-state index contributed by atoms with van der Waals surface area (Å²) in [4.78, 5) is 30.9. The van der Waals surface area contributed by atoms with Gasteiger partial charge in [0.15, 0.2) is 5.82 Å². The zero-order valence-corrected chi connectivity index (χ0v) is 18.2. The molecule has 0 spiro atoms. The molecule has 3 N–H and O–H groups in total. The van der Waals surface area contributed by atoms with Crippen molar-refractivity contribution in [3.63, 3.8) is 0 Å². The van der Waals surface area contributed by atoms with Gasteiger partial charge < -0.3 is 11.1 Å². The molecule has 33 heavy (non-hydrogen) atoms. The number of amides is 1. The van der Waals surface area contributed by atoms with Crippen molar-refractivity contribution in [2.75, 3.05) is 5.73 Å². The largest absolute Gasteiger partial charge is 0.382 e. The van der Waals surface area contributed by atoms with E-state index < -0.39 is 6.04 Å². The van der Waals surface area contributed by atoms with Crippen molar-refractivity contribution < 1.29 is 4.79 Å². The minimum absolute atomic E-state index is 0.113. The lowest BCUT2D eigenvalue weighted by atomic mass is 10.0. The highest BCUT2D eigenvalue weighted by Gasteiger charge is 2.23. The van der Waals surface area contributed by atoms with Gasteiger partial charge in [-0.15, -0.1) is 5.10 Å². The first-order chi connectivity index (χ1) is 16.0. The number of fused-ring (bicyclic) bond motifs is 2. The number of carbonyl (C=O) groups is 1. The van der Waals surface area contributed by atoms with Crippen molar-refractivity contribution in [1.82, 2.24) is 24.5 Å². The van der Waals surface area contributed by atoms with Crippen LogP contribution in [0.4, 0.5) is 5.82 Å². The normalized spacial score (nSPS) is 12.2. The molecule has 8 nitrogen and oxygen atoms in total. The van der Waals surface area contributed by atoms with Gasteiger partial charge in [0, 0.05) is 17.6 Å². The number of aryl methyl sites for hydroxylation is 1. The number of benzene rings is 2. The van der Waals surface area contributed by atoms with Crippen LogP contribution < -0.4 is 16.6 Å². The Hall–Kier alpha value is -4.46. The quantitative estimate of drug-likeness (QED) is 0.447. The fourth-order valence-corrected chi connectivity index (χ4v) is 4.22. The van der Waals surface area contributed by atoms with Gasteiger partial charge >= 0.3 is 0 Å². The first-order valence-electron chi connectivity index (χ1n) is 10.5. The Labute approximate surface area is 189 Å². The van der Waals surface area contributed by atoms with E-state index in [-0.39, 0.29) is 22.8 Å². The summed E-state index contributed by atoms with van der Waals surface area (Å²) >= 11 is 0. The van der Waals surface area contributed by atoms with Gasteiger partial charge in [-0.3, -0.25) is 14.2 Å². The van der Waals surface area contributed by atoms with E-state index in [1.165, 1.54) is 10.8 Å². The van der Waals surface area contributed by atoms with E-state index in [4.69, 9.17) is 5.73 Å². The Morgan fingerprint density at radius 2 is 1.88 bits per heavy atom. The predicted octanol–water partition coefficient (Wildman–Crippen LogP) is 3.42. The van der Waals surface area contributed by atoms with Crippen LogP contribution in [-0.2, 0) is 0 Å². The van der Waals surface area contributed by atoms with Gasteiger partial charge in [0.25, 0.3) is 11.5 Å². The second-order valence-electron chi connectivity index (χ2n) is 7.95. The molecular weight excluding hydrogens is 416 g/mol. The van der Waals surface area contributed by atoms with Crippen molar-refractivity contribution in [3.8, 4) is 5.69 Å². The molecule has 0 aliphatic carbocycles. The number of aromatic nitrogens is 4. The third-order valence-electron chi connectivity index (χ3n) is 5.79. The number of nitrogen functional groups attached to an aromatic ring is 1. The number of nitrogens with two attached hydrogens (primary N) is 1. The highest BCUT2D eigenvalue weighted by molar-refractivity contribution is 6.05. The smallest absolute Gasteiger partial charge is 0.263 e. The molecule has 0 fully saturated rings. The molecule has 0 aliphatic heterocycles. The lowest BCUT2D eigenvalue weighted by molar-refractivity contribution is 0.0941. The van der Waals surface area contributed by atoms with Gasteiger partial charge in [0.1, 0.15) is 11.9 Å². The van der Waals surface area contributed by atoms with Crippen LogP contribution in [0.3, 0.4) is 0 Å². The lowest BCUT2D eigenvalue weighted by Crippen LogP contribution is -2.32. The number of hydrogen-bond donors (Lipinski definition) is 2. The molecule has 1 atom stereocenters. The molecule has 3 heterocycles. The summed E-state index contributed by atoms with van der Waals surface area (Å²) < 4.78 is 3.12. The molecule has 0 saturated carbocycles. The number of para-hydroxylation sites is 1. The first kappa shape index (κ1) is 20.4. The van der Waals surface area contributed by atoms with E-state index in [2.05, 4.69) is 15.4 Å². The van der Waals surface area contributed by atoms with Crippen LogP contribution in [0.25, 0.3) is 22.0 Å². The number of rotatable bonds is 4. The molecule has 2 aromatic carbocycles. The van der Waals surface area contributed by atoms with E-state index in [0.29, 0.717) is 16.6 Å². The molecule has 0 bridgehead atoms. The Bertz CT molecular complexity index is 1570. The molecule has 0 aliphatic rings. The molecule has 0 saturated heterocycles. The van der Waals surface area contributed by atoms with Gasteiger partial charge in [0.05, 0.1) is 16.9 Å². The van der Waals surface area contributed by atoms with E-state index in [1.807, 2.05) is 68.4 Å². The Kier molecular flexibility index (Phi) is 4.90. The van der Waals surface area contributed by atoms with Crippen molar-refractivity contribution in [2.24, 2.45) is 0 Å². The number of hydrogen-bond acceptors (Lipinski definition) is 5. The maximum Gasteiger partial charge on any atom is 0.263 e. The second-order valence-corrected chi connectivity index (χ2v) is 7.95. The fourth-order valence-electron chi connectivity index (χ4n) is 4.22. The van der Waals surface area contributed by atoms with E-state index >= 15 is 0 Å². The first-order valence-corrected chi connectivity index (χ1v) is 10.5. The zero-order valence-electron chi connectivity index (χ0n) is 18.2. The van der Waals surface area contributed by atoms with E-state index in [1.54, 1.807) is 16.8 Å². The lowest BCUT2D eigenvalue weighted by Gasteiger charge is -2.21. The number of anilines is 1. The molecule has 5 rings (SSSR count). The maximum atomic E-state index is 13.6. The van der Waals surface area contributed by atoms with Crippen LogP contribution in [0.2, 0.25) is 0 Å². The maximum absolute atomic E-state index is 13.6. The van der Waals surface area contributed by atoms with Gasteiger partial charge in [0.2, 0.25) is 0 Å². The summed E-state index contributed by atoms with van der Waals surface area (Å²) in [6.45, 7) is 3.77.